The zero-order chi connectivity index (χ0) is 27.9. The summed E-state index contributed by atoms with van der Waals surface area (Å²) in [6.45, 7) is 4.07. The summed E-state index contributed by atoms with van der Waals surface area (Å²) in [5.74, 6) is 0. The van der Waals surface area contributed by atoms with Crippen molar-refractivity contribution in [1.82, 2.24) is 0 Å². The van der Waals surface area contributed by atoms with Crippen molar-refractivity contribution >= 4 is 38.0 Å². The Hall–Kier alpha value is -5.14. The Morgan fingerprint density at radius 3 is 1.66 bits per heavy atom. The van der Waals surface area contributed by atoms with E-state index < -0.39 is 0 Å². The summed E-state index contributed by atoms with van der Waals surface area (Å²) in [5, 5.41) is 7.76. The summed E-state index contributed by atoms with van der Waals surface area (Å²) < 4.78 is 0. The molecule has 2 N–H and O–H groups in total. The molecule has 1 heteroatoms. The predicted molar refractivity (Wildman–Crippen MR) is 178 cm³/mol. The molecule has 0 aliphatic carbocycles. The van der Waals surface area contributed by atoms with Crippen molar-refractivity contribution in [2.75, 3.05) is 0 Å². The number of rotatable bonds is 5. The molecule has 0 aromatic heterocycles. The molecule has 196 valence electrons. The maximum atomic E-state index is 6.49. The monoisotopic (exact) mass is 525 g/mol. The molecule has 7 rings (SSSR count). The van der Waals surface area contributed by atoms with Gasteiger partial charge in [0.2, 0.25) is 0 Å². The van der Waals surface area contributed by atoms with Crippen LogP contribution in [0, 0.1) is 0 Å². The quantitative estimate of drug-likeness (QED) is 0.175. The van der Waals surface area contributed by atoms with Gasteiger partial charge in [0.05, 0.1) is 0 Å². The third-order valence-corrected chi connectivity index (χ3v) is 8.30. The molecule has 0 unspecified atom stereocenters. The number of hydrogen-bond acceptors (Lipinski definition) is 1. The zero-order valence-electron chi connectivity index (χ0n) is 23.4. The lowest BCUT2D eigenvalue weighted by molar-refractivity contribution is 1.41. The standard InChI is InChI=1S/C40H31N/c1-3-8-26(2)40(41)33-19-17-30(18-20-33)37-25-36(29-15-13-28(14-16-29)27-9-5-4-6-10-27)34-23-21-31-11-7-12-32-22-24-35(37)39(34)38(31)32/h3-25H,41H2,1-2H3/b8-3-,40-26-. The minimum Gasteiger partial charge on any atom is -0.398 e. The first-order valence-corrected chi connectivity index (χ1v) is 14.2. The lowest BCUT2D eigenvalue weighted by Crippen LogP contribution is -1.99. The van der Waals surface area contributed by atoms with Gasteiger partial charge in [0.1, 0.15) is 0 Å². The molecule has 0 fully saturated rings. The molecule has 0 bridgehead atoms. The van der Waals surface area contributed by atoms with Crippen molar-refractivity contribution in [1.29, 1.82) is 0 Å². The van der Waals surface area contributed by atoms with Crippen molar-refractivity contribution < 1.29 is 0 Å². The fourth-order valence-electron chi connectivity index (χ4n) is 6.18. The highest BCUT2D eigenvalue weighted by Crippen LogP contribution is 2.44. The number of hydrogen-bond donors (Lipinski definition) is 1. The van der Waals surface area contributed by atoms with Crippen molar-refractivity contribution in [3.05, 3.63) is 151 Å². The van der Waals surface area contributed by atoms with Gasteiger partial charge in [-0.25, -0.2) is 0 Å². The molecule has 1 nitrogen and oxygen atoms in total. The topological polar surface area (TPSA) is 26.0 Å². The van der Waals surface area contributed by atoms with Gasteiger partial charge >= 0.3 is 0 Å². The van der Waals surface area contributed by atoms with Crippen LogP contribution in [0.5, 0.6) is 0 Å². The molecular weight excluding hydrogens is 494 g/mol. The molecule has 0 saturated carbocycles. The summed E-state index contributed by atoms with van der Waals surface area (Å²) in [6.07, 6.45) is 4.08. The van der Waals surface area contributed by atoms with Gasteiger partial charge in [-0.1, -0.05) is 133 Å². The molecule has 7 aromatic carbocycles. The largest absolute Gasteiger partial charge is 0.398 e. The van der Waals surface area contributed by atoms with E-state index in [1.807, 2.05) is 13.0 Å². The first-order valence-electron chi connectivity index (χ1n) is 14.2. The number of allylic oxidation sites excluding steroid dienone is 3. The van der Waals surface area contributed by atoms with Gasteiger partial charge in [-0.2, -0.15) is 0 Å². The van der Waals surface area contributed by atoms with Gasteiger partial charge in [-0.05, 0) is 96.7 Å². The van der Waals surface area contributed by atoms with E-state index in [0.717, 1.165) is 16.8 Å². The smallest absolute Gasteiger partial charge is 0.0417 e. The Labute approximate surface area is 241 Å². The predicted octanol–water partition coefficient (Wildman–Crippen LogP) is 10.9. The van der Waals surface area contributed by atoms with Crippen LogP contribution in [0.1, 0.15) is 19.4 Å². The van der Waals surface area contributed by atoms with Crippen LogP contribution in [0.25, 0.3) is 71.4 Å². The molecule has 0 spiro atoms. The Balaban J connectivity index is 1.45. The average molecular weight is 526 g/mol. The number of nitrogens with two attached hydrogens (primary N) is 1. The van der Waals surface area contributed by atoms with E-state index in [0.29, 0.717) is 0 Å². The van der Waals surface area contributed by atoms with E-state index in [1.54, 1.807) is 0 Å². The zero-order valence-corrected chi connectivity index (χ0v) is 23.4. The molecular formula is C40H31N. The van der Waals surface area contributed by atoms with Gasteiger partial charge in [0.25, 0.3) is 0 Å². The minimum absolute atomic E-state index is 0.809. The third kappa shape index (κ3) is 4.27. The lowest BCUT2D eigenvalue weighted by Gasteiger charge is -2.18. The van der Waals surface area contributed by atoms with Crippen molar-refractivity contribution in [2.24, 2.45) is 5.73 Å². The summed E-state index contributed by atoms with van der Waals surface area (Å²) >= 11 is 0. The molecule has 7 aromatic rings. The first-order chi connectivity index (χ1) is 20.1. The average Bonchev–Trinajstić information content (AvgIpc) is 3.04. The molecule has 0 aliphatic rings. The molecule has 0 radical (unpaired) electrons. The molecule has 0 heterocycles. The summed E-state index contributed by atoms with van der Waals surface area (Å²) in [5.41, 5.74) is 16.7. The maximum Gasteiger partial charge on any atom is 0.0417 e. The van der Waals surface area contributed by atoms with E-state index in [2.05, 4.69) is 140 Å². The van der Waals surface area contributed by atoms with Gasteiger partial charge in [-0.15, -0.1) is 0 Å². The van der Waals surface area contributed by atoms with Gasteiger partial charge in [0, 0.05) is 5.70 Å². The van der Waals surface area contributed by atoms with Crippen LogP contribution in [-0.4, -0.2) is 0 Å². The van der Waals surface area contributed by atoms with Gasteiger partial charge < -0.3 is 5.73 Å². The Morgan fingerprint density at radius 1 is 0.537 bits per heavy atom. The van der Waals surface area contributed by atoms with E-state index >= 15 is 0 Å². The van der Waals surface area contributed by atoms with Crippen molar-refractivity contribution in [3.8, 4) is 33.4 Å². The third-order valence-electron chi connectivity index (χ3n) is 8.30. The van der Waals surface area contributed by atoms with Crippen LogP contribution in [0.3, 0.4) is 0 Å². The van der Waals surface area contributed by atoms with E-state index in [4.69, 9.17) is 5.73 Å². The Kier molecular flexibility index (Phi) is 6.14. The van der Waals surface area contributed by atoms with Crippen LogP contribution >= 0.6 is 0 Å². The van der Waals surface area contributed by atoms with Crippen LogP contribution in [0.15, 0.2) is 145 Å². The highest BCUT2D eigenvalue weighted by molar-refractivity contribution is 6.28. The molecule has 0 amide bonds. The number of benzene rings is 7. The van der Waals surface area contributed by atoms with E-state index in [-0.39, 0.29) is 0 Å². The molecule has 0 atom stereocenters. The van der Waals surface area contributed by atoms with E-state index in [1.165, 1.54) is 65.7 Å². The van der Waals surface area contributed by atoms with Crippen molar-refractivity contribution in [2.45, 2.75) is 13.8 Å². The molecule has 41 heavy (non-hydrogen) atoms. The highest BCUT2D eigenvalue weighted by Gasteiger charge is 2.17. The summed E-state index contributed by atoms with van der Waals surface area (Å²) in [6, 6.07) is 46.3. The van der Waals surface area contributed by atoms with Crippen LogP contribution in [0.4, 0.5) is 0 Å². The Bertz CT molecular complexity index is 2060. The SMILES string of the molecule is C/C=C\C(C)=C(/N)c1ccc(-c2cc(-c3ccc(-c4ccccc4)cc3)c3ccc4cccc5ccc2c3c54)cc1. The molecule has 0 saturated heterocycles. The normalized spacial score (nSPS) is 12.5. The molecule has 0 aliphatic heterocycles. The lowest BCUT2D eigenvalue weighted by atomic mass is 9.85. The maximum absolute atomic E-state index is 6.49. The Morgan fingerprint density at radius 2 is 1.07 bits per heavy atom. The highest BCUT2D eigenvalue weighted by atomic mass is 14.6. The van der Waals surface area contributed by atoms with Crippen LogP contribution < -0.4 is 5.73 Å². The van der Waals surface area contributed by atoms with Gasteiger partial charge in [0.15, 0.2) is 0 Å². The second-order valence-corrected chi connectivity index (χ2v) is 10.8. The van der Waals surface area contributed by atoms with Crippen molar-refractivity contribution in [3.63, 3.8) is 0 Å². The first kappa shape index (κ1) is 24.9. The van der Waals surface area contributed by atoms with Crippen LogP contribution in [0.2, 0.25) is 0 Å². The van der Waals surface area contributed by atoms with Crippen LogP contribution in [-0.2, 0) is 0 Å². The minimum atomic E-state index is 0.809. The second-order valence-electron chi connectivity index (χ2n) is 10.8. The second kappa shape index (κ2) is 10.1. The van der Waals surface area contributed by atoms with E-state index in [9.17, 15) is 0 Å². The fourth-order valence-corrected chi connectivity index (χ4v) is 6.18. The summed E-state index contributed by atoms with van der Waals surface area (Å²) in [7, 11) is 0. The van der Waals surface area contributed by atoms with Gasteiger partial charge in [-0.3, -0.25) is 0 Å². The fraction of sp³-hybridized carbons (Fsp3) is 0.0500. The summed E-state index contributed by atoms with van der Waals surface area (Å²) in [4.78, 5) is 0.